The van der Waals surface area contributed by atoms with Gasteiger partial charge in [-0.1, -0.05) is 0 Å². The second kappa shape index (κ2) is 4.80. The van der Waals surface area contributed by atoms with E-state index < -0.39 is 0 Å². The molecule has 4 nitrogen and oxygen atoms in total. The van der Waals surface area contributed by atoms with E-state index in [9.17, 15) is 0 Å². The van der Waals surface area contributed by atoms with E-state index in [1.54, 1.807) is 6.26 Å². The minimum Gasteiger partial charge on any atom is -0.468 e. The molecule has 1 fully saturated rings. The van der Waals surface area contributed by atoms with E-state index in [1.807, 2.05) is 19.1 Å². The third kappa shape index (κ3) is 2.54. The van der Waals surface area contributed by atoms with Crippen molar-refractivity contribution >= 4 is 0 Å². The first-order chi connectivity index (χ1) is 8.02. The average molecular weight is 238 g/mol. The molecule has 1 aromatic rings. The Hall–Kier alpha value is -0.840. The summed E-state index contributed by atoms with van der Waals surface area (Å²) in [7, 11) is 0. The number of nitrogens with zero attached hydrogens (tertiary/aromatic N) is 1. The number of nitrogens with two attached hydrogens (primary N) is 1. The van der Waals surface area contributed by atoms with Crippen molar-refractivity contribution in [1.82, 2.24) is 4.90 Å². The summed E-state index contributed by atoms with van der Waals surface area (Å²) in [5, 5.41) is 0. The Morgan fingerprint density at radius 3 is 2.76 bits per heavy atom. The minimum absolute atomic E-state index is 0.0106. The molecule has 2 unspecified atom stereocenters. The fraction of sp³-hybridized carbons (Fsp3) is 0.692. The number of ether oxygens (including phenoxy) is 1. The van der Waals surface area contributed by atoms with E-state index >= 15 is 0 Å². The third-order valence-corrected chi connectivity index (χ3v) is 3.38. The van der Waals surface area contributed by atoms with Gasteiger partial charge < -0.3 is 14.9 Å². The van der Waals surface area contributed by atoms with Crippen LogP contribution in [0.25, 0.3) is 0 Å². The highest BCUT2D eigenvalue weighted by atomic mass is 16.5. The second-order valence-corrected chi connectivity index (χ2v) is 5.38. The van der Waals surface area contributed by atoms with Crippen molar-refractivity contribution in [3.05, 3.63) is 24.2 Å². The fourth-order valence-corrected chi connectivity index (χ4v) is 2.54. The molecular weight excluding hydrogens is 216 g/mol. The third-order valence-electron chi connectivity index (χ3n) is 3.38. The molecular formula is C13H22N2O2. The maximum absolute atomic E-state index is 6.14. The van der Waals surface area contributed by atoms with Crippen LogP contribution in [-0.4, -0.2) is 36.2 Å². The topological polar surface area (TPSA) is 51.6 Å². The van der Waals surface area contributed by atoms with Crippen LogP contribution in [0.4, 0.5) is 0 Å². The van der Waals surface area contributed by atoms with Crippen molar-refractivity contribution in [2.45, 2.75) is 38.4 Å². The summed E-state index contributed by atoms with van der Waals surface area (Å²) in [6.07, 6.45) is 1.71. The highest BCUT2D eigenvalue weighted by Gasteiger charge is 2.38. The quantitative estimate of drug-likeness (QED) is 0.872. The molecule has 0 aromatic carbocycles. The summed E-state index contributed by atoms with van der Waals surface area (Å²) in [6, 6.07) is 4.06. The van der Waals surface area contributed by atoms with E-state index in [4.69, 9.17) is 14.9 Å². The first-order valence-electron chi connectivity index (χ1n) is 6.16. The number of morpholine rings is 1. The fourth-order valence-electron chi connectivity index (χ4n) is 2.54. The zero-order valence-corrected chi connectivity index (χ0v) is 10.8. The van der Waals surface area contributed by atoms with Crippen molar-refractivity contribution in [2.75, 3.05) is 19.8 Å². The number of hydrogen-bond acceptors (Lipinski definition) is 4. The van der Waals surface area contributed by atoms with Crippen LogP contribution in [0.5, 0.6) is 0 Å². The van der Waals surface area contributed by atoms with E-state index in [0.29, 0.717) is 0 Å². The Balaban J connectivity index is 2.27. The van der Waals surface area contributed by atoms with Gasteiger partial charge in [0.2, 0.25) is 0 Å². The summed E-state index contributed by atoms with van der Waals surface area (Å²) in [4.78, 5) is 2.39. The smallest absolute Gasteiger partial charge is 0.122 e. The van der Waals surface area contributed by atoms with Crippen molar-refractivity contribution in [3.63, 3.8) is 0 Å². The Kier molecular flexibility index (Phi) is 3.56. The molecule has 2 rings (SSSR count). The van der Waals surface area contributed by atoms with Gasteiger partial charge >= 0.3 is 0 Å². The molecule has 2 N–H and O–H groups in total. The van der Waals surface area contributed by atoms with Crippen molar-refractivity contribution < 1.29 is 9.15 Å². The van der Waals surface area contributed by atoms with Crippen LogP contribution in [0.3, 0.4) is 0 Å². The van der Waals surface area contributed by atoms with Crippen molar-refractivity contribution in [1.29, 1.82) is 0 Å². The van der Waals surface area contributed by atoms with Gasteiger partial charge in [0.05, 0.1) is 25.5 Å². The molecule has 0 saturated carbocycles. The van der Waals surface area contributed by atoms with Gasteiger partial charge in [-0.25, -0.2) is 0 Å². The second-order valence-electron chi connectivity index (χ2n) is 5.38. The van der Waals surface area contributed by atoms with Gasteiger partial charge in [-0.05, 0) is 32.9 Å². The molecule has 17 heavy (non-hydrogen) atoms. The van der Waals surface area contributed by atoms with E-state index in [0.717, 1.165) is 25.5 Å². The zero-order chi connectivity index (χ0) is 12.5. The lowest BCUT2D eigenvalue weighted by Crippen LogP contribution is -2.57. The van der Waals surface area contributed by atoms with Crippen LogP contribution in [0.2, 0.25) is 0 Å². The predicted molar refractivity (Wildman–Crippen MR) is 66.7 cm³/mol. The minimum atomic E-state index is -0.0106. The highest BCUT2D eigenvalue weighted by molar-refractivity contribution is 5.09. The lowest BCUT2D eigenvalue weighted by Gasteiger charge is -2.47. The molecule has 2 heterocycles. The highest BCUT2D eigenvalue weighted by Crippen LogP contribution is 2.32. The molecule has 0 aliphatic carbocycles. The normalized spacial score (nSPS) is 24.5. The standard InChI is InChI=1S/C13H22N2O2/c1-10(14)12(11-5-4-7-17-11)15-6-8-16-9-13(15,2)3/h4-5,7,10,12H,6,8-9,14H2,1-3H3. The lowest BCUT2D eigenvalue weighted by molar-refractivity contribution is -0.0802. The molecule has 1 aliphatic rings. The molecule has 0 amide bonds. The molecule has 1 aromatic heterocycles. The summed E-state index contributed by atoms with van der Waals surface area (Å²) in [5.74, 6) is 0.940. The molecule has 1 aliphatic heterocycles. The van der Waals surface area contributed by atoms with Crippen molar-refractivity contribution in [3.8, 4) is 0 Å². The van der Waals surface area contributed by atoms with E-state index in [-0.39, 0.29) is 17.6 Å². The first-order valence-corrected chi connectivity index (χ1v) is 6.16. The summed E-state index contributed by atoms with van der Waals surface area (Å²) in [6.45, 7) is 8.78. The Bertz CT molecular complexity index is 346. The molecule has 2 atom stereocenters. The van der Waals surface area contributed by atoms with Gasteiger partial charge in [-0.15, -0.1) is 0 Å². The van der Waals surface area contributed by atoms with Crippen LogP contribution < -0.4 is 5.73 Å². The van der Waals surface area contributed by atoms with Gasteiger partial charge in [0.15, 0.2) is 0 Å². The molecule has 96 valence electrons. The maximum atomic E-state index is 6.14. The predicted octanol–water partition coefficient (Wildman–Crippen LogP) is 1.78. The van der Waals surface area contributed by atoms with Crippen LogP contribution in [0.15, 0.2) is 22.8 Å². The average Bonchev–Trinajstić information content (AvgIpc) is 2.73. The van der Waals surface area contributed by atoms with Crippen LogP contribution in [0.1, 0.15) is 32.6 Å². The Morgan fingerprint density at radius 2 is 2.24 bits per heavy atom. The molecule has 0 spiro atoms. The molecule has 0 radical (unpaired) electrons. The molecule has 1 saturated heterocycles. The first kappa shape index (κ1) is 12.6. The van der Waals surface area contributed by atoms with Crippen LogP contribution in [0, 0.1) is 0 Å². The van der Waals surface area contributed by atoms with E-state index in [1.165, 1.54) is 0 Å². The van der Waals surface area contributed by atoms with Gasteiger partial charge in [-0.3, -0.25) is 4.90 Å². The van der Waals surface area contributed by atoms with Gasteiger partial charge in [-0.2, -0.15) is 0 Å². The summed E-state index contributed by atoms with van der Waals surface area (Å²) < 4.78 is 11.1. The van der Waals surface area contributed by atoms with Crippen molar-refractivity contribution in [2.24, 2.45) is 5.73 Å². The summed E-state index contributed by atoms with van der Waals surface area (Å²) in [5.41, 5.74) is 6.13. The van der Waals surface area contributed by atoms with Crippen LogP contribution >= 0.6 is 0 Å². The lowest BCUT2D eigenvalue weighted by atomic mass is 9.95. The maximum Gasteiger partial charge on any atom is 0.122 e. The molecule has 4 heteroatoms. The largest absolute Gasteiger partial charge is 0.468 e. The SMILES string of the molecule is CC(N)C(c1ccco1)N1CCOCC1(C)C. The molecule has 0 bridgehead atoms. The number of furan rings is 1. The summed E-state index contributed by atoms with van der Waals surface area (Å²) >= 11 is 0. The Morgan fingerprint density at radius 1 is 1.47 bits per heavy atom. The van der Waals surface area contributed by atoms with E-state index in [2.05, 4.69) is 18.7 Å². The monoisotopic (exact) mass is 238 g/mol. The number of rotatable bonds is 3. The zero-order valence-electron chi connectivity index (χ0n) is 10.8. The Labute approximate surface area is 103 Å². The van der Waals surface area contributed by atoms with Gasteiger partial charge in [0, 0.05) is 18.1 Å². The number of hydrogen-bond donors (Lipinski definition) is 1. The van der Waals surface area contributed by atoms with Crippen LogP contribution in [-0.2, 0) is 4.74 Å². The van der Waals surface area contributed by atoms with Gasteiger partial charge in [0.1, 0.15) is 5.76 Å². The van der Waals surface area contributed by atoms with Gasteiger partial charge in [0.25, 0.3) is 0 Å².